The molecule has 0 aromatic heterocycles. The van der Waals surface area contributed by atoms with Gasteiger partial charge in [-0.2, -0.15) is 0 Å². The summed E-state index contributed by atoms with van der Waals surface area (Å²) in [6.45, 7) is 9.04. The third-order valence-corrected chi connectivity index (χ3v) is 6.65. The lowest BCUT2D eigenvalue weighted by Crippen LogP contribution is -2.29. The Morgan fingerprint density at radius 1 is 0.949 bits per heavy atom. The highest BCUT2D eigenvalue weighted by molar-refractivity contribution is 6.51. The Morgan fingerprint density at radius 2 is 1.69 bits per heavy atom. The minimum absolute atomic E-state index is 0.0160. The van der Waals surface area contributed by atoms with Crippen molar-refractivity contribution < 1.29 is 28.9 Å². The van der Waals surface area contributed by atoms with Gasteiger partial charge < -0.3 is 19.3 Å². The molecule has 4 rings (SSSR count). The molecule has 3 aromatic rings. The molecule has 1 aliphatic rings. The number of carbonyl (C=O) groups excluding carboxylic acids is 2. The van der Waals surface area contributed by atoms with Crippen molar-refractivity contribution in [3.05, 3.63) is 89.0 Å². The number of aliphatic hydroxyl groups is 1. The van der Waals surface area contributed by atoms with Gasteiger partial charge in [0, 0.05) is 11.3 Å². The van der Waals surface area contributed by atoms with E-state index in [-0.39, 0.29) is 17.3 Å². The Kier molecular flexibility index (Phi) is 8.59. The van der Waals surface area contributed by atoms with Gasteiger partial charge in [0.2, 0.25) is 0 Å². The minimum Gasteiger partial charge on any atom is -0.507 e. The lowest BCUT2D eigenvalue weighted by atomic mass is 9.93. The van der Waals surface area contributed by atoms with Crippen LogP contribution in [0.15, 0.2) is 72.3 Å². The summed E-state index contributed by atoms with van der Waals surface area (Å²) in [5.74, 6) is 0.369. The van der Waals surface area contributed by atoms with Crippen LogP contribution in [0.1, 0.15) is 62.8 Å². The summed E-state index contributed by atoms with van der Waals surface area (Å²) in [5.41, 5.74) is 2.52. The van der Waals surface area contributed by atoms with Crippen molar-refractivity contribution in [3.8, 4) is 17.2 Å². The summed E-state index contributed by atoms with van der Waals surface area (Å²) in [7, 11) is 1.56. The molecule has 0 bridgehead atoms. The Hall–Kier alpha value is -4.26. The van der Waals surface area contributed by atoms with Crippen LogP contribution in [0.25, 0.3) is 5.76 Å². The van der Waals surface area contributed by atoms with Crippen LogP contribution in [0, 0.1) is 0 Å². The third kappa shape index (κ3) is 5.62. The van der Waals surface area contributed by atoms with E-state index in [1.165, 1.54) is 4.90 Å². The minimum atomic E-state index is -0.863. The van der Waals surface area contributed by atoms with E-state index in [0.717, 1.165) is 17.7 Å². The fourth-order valence-corrected chi connectivity index (χ4v) is 4.74. The monoisotopic (exact) mass is 529 g/mol. The number of benzene rings is 3. The molecule has 0 saturated carbocycles. The molecule has 7 heteroatoms. The molecule has 204 valence electrons. The molecule has 1 saturated heterocycles. The van der Waals surface area contributed by atoms with Crippen molar-refractivity contribution >= 4 is 23.1 Å². The van der Waals surface area contributed by atoms with Gasteiger partial charge in [0.05, 0.1) is 31.9 Å². The lowest BCUT2D eigenvalue weighted by Gasteiger charge is -2.26. The van der Waals surface area contributed by atoms with Crippen LogP contribution in [0.5, 0.6) is 17.2 Å². The summed E-state index contributed by atoms with van der Waals surface area (Å²) >= 11 is 0. The Morgan fingerprint density at radius 3 is 2.33 bits per heavy atom. The number of Topliss-reactive ketones (excluding diaryl/α,β-unsaturated/α-hetero) is 1. The van der Waals surface area contributed by atoms with Gasteiger partial charge in [-0.1, -0.05) is 32.9 Å². The molecule has 7 nitrogen and oxygen atoms in total. The quantitative estimate of drug-likeness (QED) is 0.180. The van der Waals surface area contributed by atoms with Gasteiger partial charge in [0.1, 0.15) is 23.0 Å². The highest BCUT2D eigenvalue weighted by Crippen LogP contribution is 2.43. The second kappa shape index (κ2) is 12.1. The van der Waals surface area contributed by atoms with Gasteiger partial charge in [0.25, 0.3) is 11.7 Å². The topological polar surface area (TPSA) is 85.3 Å². The number of ketones is 1. The zero-order valence-corrected chi connectivity index (χ0v) is 23.1. The van der Waals surface area contributed by atoms with Crippen molar-refractivity contribution in [1.82, 2.24) is 0 Å². The van der Waals surface area contributed by atoms with Crippen LogP contribution >= 0.6 is 0 Å². The number of amides is 1. The number of anilines is 1. The number of methoxy groups -OCH3 is 1. The van der Waals surface area contributed by atoms with Crippen LogP contribution in [0.3, 0.4) is 0 Å². The standard InChI is InChI=1S/C32H35NO6/c1-6-17-39-25-10-8-9-21(18-25)29-28(30(34)22-11-16-27(38-7-2)26(19-22)20(3)4)31(35)32(36)33(29)23-12-14-24(37-5)15-13-23/h8-16,18-20,29,34H,6-7,17H2,1-5H3/b30-28+. The smallest absolute Gasteiger partial charge is 0.300 e. The molecule has 1 fully saturated rings. The number of ether oxygens (including phenoxy) is 3. The molecule has 39 heavy (non-hydrogen) atoms. The molecule has 1 N–H and O–H groups in total. The van der Waals surface area contributed by atoms with E-state index in [0.29, 0.717) is 41.5 Å². The van der Waals surface area contributed by atoms with Gasteiger partial charge in [-0.25, -0.2) is 0 Å². The zero-order chi connectivity index (χ0) is 28.1. The molecule has 1 aliphatic heterocycles. The lowest BCUT2D eigenvalue weighted by molar-refractivity contribution is -0.132. The van der Waals surface area contributed by atoms with E-state index >= 15 is 0 Å². The first-order chi connectivity index (χ1) is 18.8. The maximum Gasteiger partial charge on any atom is 0.300 e. The average molecular weight is 530 g/mol. The molecule has 0 radical (unpaired) electrons. The predicted molar refractivity (Wildman–Crippen MR) is 152 cm³/mol. The summed E-state index contributed by atoms with van der Waals surface area (Å²) < 4.78 is 16.9. The first-order valence-corrected chi connectivity index (χ1v) is 13.3. The maximum atomic E-state index is 13.6. The summed E-state index contributed by atoms with van der Waals surface area (Å²) in [6.07, 6.45) is 0.838. The molecule has 1 unspecified atom stereocenters. The average Bonchev–Trinajstić information content (AvgIpc) is 3.22. The number of hydrogen-bond acceptors (Lipinski definition) is 6. The first kappa shape index (κ1) is 27.8. The molecule has 0 aliphatic carbocycles. The molecule has 3 aromatic carbocycles. The van der Waals surface area contributed by atoms with Gasteiger partial charge in [-0.05, 0) is 85.0 Å². The van der Waals surface area contributed by atoms with E-state index in [9.17, 15) is 14.7 Å². The fourth-order valence-electron chi connectivity index (χ4n) is 4.74. The van der Waals surface area contributed by atoms with Gasteiger partial charge in [-0.15, -0.1) is 0 Å². The van der Waals surface area contributed by atoms with Gasteiger partial charge in [-0.3, -0.25) is 14.5 Å². The summed E-state index contributed by atoms with van der Waals surface area (Å²) in [5, 5.41) is 11.6. The number of hydrogen-bond donors (Lipinski definition) is 1. The van der Waals surface area contributed by atoms with Crippen molar-refractivity contribution in [3.63, 3.8) is 0 Å². The van der Waals surface area contributed by atoms with E-state index in [4.69, 9.17) is 14.2 Å². The second-order valence-corrected chi connectivity index (χ2v) is 9.63. The van der Waals surface area contributed by atoms with Crippen LogP contribution in [-0.4, -0.2) is 37.1 Å². The largest absolute Gasteiger partial charge is 0.507 e. The van der Waals surface area contributed by atoms with E-state index < -0.39 is 17.7 Å². The van der Waals surface area contributed by atoms with Crippen molar-refractivity contribution in [2.24, 2.45) is 0 Å². The number of rotatable bonds is 10. The van der Waals surface area contributed by atoms with Crippen molar-refractivity contribution in [1.29, 1.82) is 0 Å². The number of nitrogens with zero attached hydrogens (tertiary/aromatic N) is 1. The normalized spacial score (nSPS) is 16.6. The second-order valence-electron chi connectivity index (χ2n) is 9.63. The van der Waals surface area contributed by atoms with E-state index in [2.05, 4.69) is 0 Å². The van der Waals surface area contributed by atoms with E-state index in [1.54, 1.807) is 43.5 Å². The number of aliphatic hydroxyl groups excluding tert-OH is 1. The molecular weight excluding hydrogens is 494 g/mol. The predicted octanol–water partition coefficient (Wildman–Crippen LogP) is 6.63. The Balaban J connectivity index is 1.91. The van der Waals surface area contributed by atoms with Crippen LogP contribution in [0.2, 0.25) is 0 Å². The summed E-state index contributed by atoms with van der Waals surface area (Å²) in [4.78, 5) is 28.5. The highest BCUT2D eigenvalue weighted by atomic mass is 16.5. The van der Waals surface area contributed by atoms with Gasteiger partial charge in [0.15, 0.2) is 0 Å². The Bertz CT molecular complexity index is 1380. The van der Waals surface area contributed by atoms with Gasteiger partial charge >= 0.3 is 0 Å². The highest BCUT2D eigenvalue weighted by Gasteiger charge is 2.47. The zero-order valence-electron chi connectivity index (χ0n) is 23.1. The Labute approximate surface area is 229 Å². The maximum absolute atomic E-state index is 13.6. The number of carbonyl (C=O) groups is 2. The molecular formula is C32H35NO6. The van der Waals surface area contributed by atoms with E-state index in [1.807, 2.05) is 58.0 Å². The van der Waals surface area contributed by atoms with Crippen LogP contribution < -0.4 is 19.1 Å². The molecule has 1 heterocycles. The SMILES string of the molecule is CCCOc1cccc(C2/C(=C(\O)c3ccc(OCC)c(C(C)C)c3)C(=O)C(=O)N2c2ccc(OC)cc2)c1. The summed E-state index contributed by atoms with van der Waals surface area (Å²) in [6, 6.07) is 18.7. The fraction of sp³-hybridized carbons (Fsp3) is 0.312. The van der Waals surface area contributed by atoms with Crippen molar-refractivity contribution in [2.45, 2.75) is 46.1 Å². The van der Waals surface area contributed by atoms with Crippen LogP contribution in [-0.2, 0) is 9.59 Å². The third-order valence-electron chi connectivity index (χ3n) is 6.65. The first-order valence-electron chi connectivity index (χ1n) is 13.3. The molecule has 1 amide bonds. The van der Waals surface area contributed by atoms with Crippen molar-refractivity contribution in [2.75, 3.05) is 25.2 Å². The molecule has 0 spiro atoms. The molecule has 1 atom stereocenters. The van der Waals surface area contributed by atoms with Crippen LogP contribution in [0.4, 0.5) is 5.69 Å².